The number of rotatable bonds is 18. The molecule has 0 fully saturated rings. The molecular formula is C22H48NO+. The molecule has 0 aliphatic carbocycles. The smallest absolute Gasteiger partial charge is 0.183 e. The first-order chi connectivity index (χ1) is 11.6. The first kappa shape index (κ1) is 23.9. The van der Waals surface area contributed by atoms with Gasteiger partial charge in [-0.2, -0.15) is 0 Å². The van der Waals surface area contributed by atoms with Crippen LogP contribution < -0.4 is 0 Å². The molecule has 0 saturated heterocycles. The van der Waals surface area contributed by atoms with Crippen LogP contribution in [0.15, 0.2) is 0 Å². The summed E-state index contributed by atoms with van der Waals surface area (Å²) >= 11 is 0. The second kappa shape index (κ2) is 16.4. The molecule has 0 rings (SSSR count). The summed E-state index contributed by atoms with van der Waals surface area (Å²) in [6.07, 6.45) is 19.5. The second-order valence-corrected chi connectivity index (χ2v) is 8.34. The summed E-state index contributed by atoms with van der Waals surface area (Å²) in [5.74, 6) is 0. The minimum Gasteiger partial charge on any atom is -0.328 e. The molecule has 0 aromatic heterocycles. The number of hydrogen-bond donors (Lipinski definition) is 0. The lowest BCUT2D eigenvalue weighted by Crippen LogP contribution is -2.43. The van der Waals surface area contributed by atoms with Crippen molar-refractivity contribution in [1.82, 2.24) is 0 Å². The summed E-state index contributed by atoms with van der Waals surface area (Å²) in [5.41, 5.74) is 0. The van der Waals surface area contributed by atoms with Gasteiger partial charge >= 0.3 is 0 Å². The average Bonchev–Trinajstić information content (AvgIpc) is 2.55. The van der Waals surface area contributed by atoms with Gasteiger partial charge in [-0.25, -0.2) is 0 Å². The lowest BCUT2D eigenvalue weighted by atomic mass is 10.1. The fourth-order valence-corrected chi connectivity index (χ4v) is 3.35. The predicted octanol–water partition coefficient (Wildman–Crippen LogP) is 6.93. The van der Waals surface area contributed by atoms with Gasteiger partial charge in [0.1, 0.15) is 0 Å². The van der Waals surface area contributed by atoms with E-state index in [1.165, 1.54) is 96.4 Å². The zero-order chi connectivity index (χ0) is 18.1. The van der Waals surface area contributed by atoms with Crippen LogP contribution in [0.5, 0.6) is 0 Å². The van der Waals surface area contributed by atoms with Crippen LogP contribution >= 0.6 is 0 Å². The van der Waals surface area contributed by atoms with E-state index >= 15 is 0 Å². The minimum atomic E-state index is 0.477. The summed E-state index contributed by atoms with van der Waals surface area (Å²) in [7, 11) is 4.64. The SMILES string of the molecule is CCCCCCCCCCCC[N+](C)(C)COC(CCC)CCC. The van der Waals surface area contributed by atoms with Crippen molar-refractivity contribution in [3.8, 4) is 0 Å². The molecule has 0 spiro atoms. The third-order valence-electron chi connectivity index (χ3n) is 5.00. The van der Waals surface area contributed by atoms with Gasteiger partial charge in [-0.05, 0) is 25.7 Å². The number of quaternary nitrogens is 1. The van der Waals surface area contributed by atoms with Crippen molar-refractivity contribution < 1.29 is 9.22 Å². The Morgan fingerprint density at radius 2 is 1.08 bits per heavy atom. The highest BCUT2D eigenvalue weighted by molar-refractivity contribution is 4.55. The Hall–Kier alpha value is -0.0800. The van der Waals surface area contributed by atoms with E-state index in [0.29, 0.717) is 6.10 Å². The first-order valence-corrected chi connectivity index (χ1v) is 11.0. The highest BCUT2D eigenvalue weighted by Gasteiger charge is 2.17. The van der Waals surface area contributed by atoms with Gasteiger partial charge in [0, 0.05) is 0 Å². The molecule has 0 unspecified atom stereocenters. The number of ether oxygens (including phenoxy) is 1. The Balaban J connectivity index is 3.59. The van der Waals surface area contributed by atoms with Crippen molar-refractivity contribution in [3.05, 3.63) is 0 Å². The van der Waals surface area contributed by atoms with Gasteiger partial charge in [-0.15, -0.1) is 0 Å². The second-order valence-electron chi connectivity index (χ2n) is 8.34. The lowest BCUT2D eigenvalue weighted by Gasteiger charge is -2.31. The van der Waals surface area contributed by atoms with E-state index in [1.54, 1.807) is 0 Å². The topological polar surface area (TPSA) is 9.23 Å². The number of nitrogens with zero attached hydrogens (tertiary/aromatic N) is 1. The zero-order valence-corrected chi connectivity index (χ0v) is 17.7. The van der Waals surface area contributed by atoms with E-state index in [4.69, 9.17) is 4.74 Å². The Bertz CT molecular complexity index is 246. The normalized spacial score (nSPS) is 12.2. The van der Waals surface area contributed by atoms with Crippen LogP contribution in [0, 0.1) is 0 Å². The van der Waals surface area contributed by atoms with E-state index < -0.39 is 0 Å². The van der Waals surface area contributed by atoms with Gasteiger partial charge in [0.15, 0.2) is 6.73 Å². The molecule has 0 atom stereocenters. The van der Waals surface area contributed by atoms with E-state index in [2.05, 4.69) is 34.9 Å². The van der Waals surface area contributed by atoms with Crippen molar-refractivity contribution >= 4 is 0 Å². The molecule has 2 nitrogen and oxygen atoms in total. The van der Waals surface area contributed by atoms with Crippen LogP contribution in [-0.2, 0) is 4.74 Å². The Labute approximate surface area is 153 Å². The maximum atomic E-state index is 6.20. The number of hydrogen-bond acceptors (Lipinski definition) is 1. The third kappa shape index (κ3) is 15.4. The van der Waals surface area contributed by atoms with Crippen molar-refractivity contribution in [2.24, 2.45) is 0 Å². The third-order valence-corrected chi connectivity index (χ3v) is 5.00. The van der Waals surface area contributed by atoms with Gasteiger partial charge in [-0.1, -0.05) is 85.0 Å². The molecule has 0 amide bonds. The van der Waals surface area contributed by atoms with Crippen molar-refractivity contribution in [3.63, 3.8) is 0 Å². The summed E-state index contributed by atoms with van der Waals surface area (Å²) < 4.78 is 7.22. The summed E-state index contributed by atoms with van der Waals surface area (Å²) in [6.45, 7) is 8.94. The van der Waals surface area contributed by atoms with Gasteiger partial charge in [0.2, 0.25) is 0 Å². The fraction of sp³-hybridized carbons (Fsp3) is 1.00. The molecule has 0 heterocycles. The molecule has 0 N–H and O–H groups in total. The number of unbranched alkanes of at least 4 members (excludes halogenated alkanes) is 9. The maximum absolute atomic E-state index is 6.20. The van der Waals surface area contributed by atoms with Crippen LogP contribution in [0.1, 0.15) is 111 Å². The molecule has 0 bridgehead atoms. The summed E-state index contributed by atoms with van der Waals surface area (Å²) in [4.78, 5) is 0. The largest absolute Gasteiger partial charge is 0.328 e. The first-order valence-electron chi connectivity index (χ1n) is 11.0. The molecule has 146 valence electrons. The Kier molecular flexibility index (Phi) is 16.3. The summed E-state index contributed by atoms with van der Waals surface area (Å²) in [5, 5.41) is 0. The van der Waals surface area contributed by atoms with Gasteiger partial charge in [0.05, 0.1) is 26.7 Å². The molecule has 2 heteroatoms. The summed E-state index contributed by atoms with van der Waals surface area (Å²) in [6, 6.07) is 0. The molecule has 24 heavy (non-hydrogen) atoms. The van der Waals surface area contributed by atoms with E-state index in [9.17, 15) is 0 Å². The zero-order valence-electron chi connectivity index (χ0n) is 17.7. The lowest BCUT2D eigenvalue weighted by molar-refractivity contribution is -0.910. The van der Waals surface area contributed by atoms with Gasteiger partial charge in [0.25, 0.3) is 0 Å². The van der Waals surface area contributed by atoms with Crippen LogP contribution in [0.2, 0.25) is 0 Å². The van der Waals surface area contributed by atoms with Crippen molar-refractivity contribution in [2.75, 3.05) is 27.4 Å². The van der Waals surface area contributed by atoms with Crippen LogP contribution in [0.3, 0.4) is 0 Å². The standard InChI is InChI=1S/C22H48NO/c1-6-9-10-11-12-13-14-15-16-17-20-23(4,5)21-24-22(18-7-2)19-8-3/h22H,6-21H2,1-5H3/q+1. The highest BCUT2D eigenvalue weighted by atomic mass is 16.5. The van der Waals surface area contributed by atoms with Crippen LogP contribution in [0.25, 0.3) is 0 Å². The molecule has 0 aromatic carbocycles. The van der Waals surface area contributed by atoms with Gasteiger partial charge < -0.3 is 9.22 Å². The average molecular weight is 343 g/mol. The van der Waals surface area contributed by atoms with E-state index in [0.717, 1.165) is 11.2 Å². The monoisotopic (exact) mass is 342 g/mol. The van der Waals surface area contributed by atoms with Crippen molar-refractivity contribution in [2.45, 2.75) is 117 Å². The van der Waals surface area contributed by atoms with E-state index in [1.807, 2.05) is 0 Å². The van der Waals surface area contributed by atoms with Crippen molar-refractivity contribution in [1.29, 1.82) is 0 Å². The predicted molar refractivity (Wildman–Crippen MR) is 108 cm³/mol. The highest BCUT2D eigenvalue weighted by Crippen LogP contribution is 2.14. The quantitative estimate of drug-likeness (QED) is 0.149. The molecule has 0 aliphatic rings. The molecule has 0 aliphatic heterocycles. The maximum Gasteiger partial charge on any atom is 0.183 e. The minimum absolute atomic E-state index is 0.477. The molecule has 0 aromatic rings. The van der Waals surface area contributed by atoms with Crippen LogP contribution in [0.4, 0.5) is 0 Å². The van der Waals surface area contributed by atoms with Gasteiger partial charge in [-0.3, -0.25) is 0 Å². The Morgan fingerprint density at radius 3 is 1.54 bits per heavy atom. The molecule has 0 saturated carbocycles. The fourth-order valence-electron chi connectivity index (χ4n) is 3.35. The van der Waals surface area contributed by atoms with Crippen LogP contribution in [-0.4, -0.2) is 38.0 Å². The molecular weight excluding hydrogens is 294 g/mol. The molecule has 0 radical (unpaired) electrons. The Morgan fingerprint density at radius 1 is 0.625 bits per heavy atom. The van der Waals surface area contributed by atoms with E-state index in [-0.39, 0.29) is 0 Å².